The highest BCUT2D eigenvalue weighted by molar-refractivity contribution is 8.00. The summed E-state index contributed by atoms with van der Waals surface area (Å²) in [6.45, 7) is 6.19. The molecule has 0 amide bonds. The van der Waals surface area contributed by atoms with Crippen molar-refractivity contribution in [2.24, 2.45) is 0 Å². The third-order valence-corrected chi connectivity index (χ3v) is 6.50. The number of unbranched alkanes of at least 4 members (excludes halogenated alkanes) is 2. The Morgan fingerprint density at radius 1 is 1.15 bits per heavy atom. The number of nitrogens with one attached hydrogen (secondary N) is 1. The molecule has 0 saturated carbocycles. The van der Waals surface area contributed by atoms with Crippen LogP contribution in [0.5, 0.6) is 0 Å². The summed E-state index contributed by atoms with van der Waals surface area (Å²) in [6.07, 6.45) is 15.6. The van der Waals surface area contributed by atoms with Crippen molar-refractivity contribution < 1.29 is 0 Å². The molecular formula is C23H33NS2. The van der Waals surface area contributed by atoms with E-state index in [0.717, 1.165) is 24.3 Å². The summed E-state index contributed by atoms with van der Waals surface area (Å²) >= 11 is 4.08. The molecule has 1 rings (SSSR count). The van der Waals surface area contributed by atoms with Crippen molar-refractivity contribution in [1.82, 2.24) is 0 Å². The van der Waals surface area contributed by atoms with Gasteiger partial charge >= 0.3 is 0 Å². The van der Waals surface area contributed by atoms with Crippen molar-refractivity contribution in [3.8, 4) is 0 Å². The lowest BCUT2D eigenvalue weighted by Crippen LogP contribution is -2.06. The van der Waals surface area contributed by atoms with Crippen LogP contribution in [0.1, 0.15) is 44.6 Å². The molecule has 0 aliphatic heterocycles. The highest BCUT2D eigenvalue weighted by atomic mass is 32.2. The van der Waals surface area contributed by atoms with Crippen molar-refractivity contribution in [3.63, 3.8) is 0 Å². The van der Waals surface area contributed by atoms with E-state index in [1.807, 2.05) is 42.6 Å². The van der Waals surface area contributed by atoms with E-state index in [0.29, 0.717) is 5.25 Å². The highest BCUT2D eigenvalue weighted by Crippen LogP contribution is 2.25. The van der Waals surface area contributed by atoms with Gasteiger partial charge in [0.05, 0.1) is 0 Å². The first kappa shape index (κ1) is 22.9. The Labute approximate surface area is 168 Å². The summed E-state index contributed by atoms with van der Waals surface area (Å²) in [5, 5.41) is 7.86. The summed E-state index contributed by atoms with van der Waals surface area (Å²) in [7, 11) is 0. The van der Waals surface area contributed by atoms with Crippen LogP contribution >= 0.6 is 23.5 Å². The zero-order valence-corrected chi connectivity index (χ0v) is 17.7. The maximum atomic E-state index is 7.17. The molecule has 0 heterocycles. The van der Waals surface area contributed by atoms with E-state index in [-0.39, 0.29) is 0 Å². The van der Waals surface area contributed by atoms with Crippen LogP contribution in [0.25, 0.3) is 0 Å². The first-order chi connectivity index (χ1) is 12.8. The molecule has 1 aromatic rings. The summed E-state index contributed by atoms with van der Waals surface area (Å²) in [6, 6.07) is 10.7. The number of allylic oxidation sites excluding steroid dienone is 4. The SMILES string of the molecule is C=C(/C=C\C=C/C)CSC(CCCCC=N)CCSCc1ccccc1. The Morgan fingerprint density at radius 2 is 1.96 bits per heavy atom. The molecule has 142 valence electrons. The Hall–Kier alpha value is -1.19. The second-order valence-electron chi connectivity index (χ2n) is 6.29. The molecule has 1 nitrogen and oxygen atoms in total. The van der Waals surface area contributed by atoms with E-state index < -0.39 is 0 Å². The van der Waals surface area contributed by atoms with Crippen LogP contribution < -0.4 is 0 Å². The van der Waals surface area contributed by atoms with Gasteiger partial charge in [0.1, 0.15) is 0 Å². The van der Waals surface area contributed by atoms with Gasteiger partial charge in [0, 0.05) is 16.8 Å². The van der Waals surface area contributed by atoms with Crippen molar-refractivity contribution in [3.05, 3.63) is 72.4 Å². The minimum atomic E-state index is 0.691. The van der Waals surface area contributed by atoms with Gasteiger partial charge in [-0.15, -0.1) is 0 Å². The van der Waals surface area contributed by atoms with Gasteiger partial charge in [-0.2, -0.15) is 23.5 Å². The number of hydrogen-bond acceptors (Lipinski definition) is 3. The molecule has 0 spiro atoms. The Bertz CT molecular complexity index is 549. The van der Waals surface area contributed by atoms with Crippen molar-refractivity contribution in [2.75, 3.05) is 11.5 Å². The Kier molecular flexibility index (Phi) is 14.1. The first-order valence-corrected chi connectivity index (χ1v) is 11.7. The minimum Gasteiger partial charge on any atom is -0.313 e. The van der Waals surface area contributed by atoms with Gasteiger partial charge in [-0.25, -0.2) is 0 Å². The number of hydrogen-bond donors (Lipinski definition) is 1. The molecule has 0 aliphatic carbocycles. The molecule has 1 aromatic carbocycles. The molecule has 0 radical (unpaired) electrons. The van der Waals surface area contributed by atoms with E-state index in [1.54, 1.807) is 0 Å². The van der Waals surface area contributed by atoms with Gasteiger partial charge in [0.25, 0.3) is 0 Å². The van der Waals surface area contributed by atoms with E-state index in [9.17, 15) is 0 Å². The second-order valence-corrected chi connectivity index (χ2v) is 8.69. The molecule has 0 aromatic heterocycles. The van der Waals surface area contributed by atoms with Crippen LogP contribution in [-0.2, 0) is 5.75 Å². The molecule has 26 heavy (non-hydrogen) atoms. The van der Waals surface area contributed by atoms with Crippen molar-refractivity contribution in [2.45, 2.75) is 50.0 Å². The van der Waals surface area contributed by atoms with Gasteiger partial charge in [-0.05, 0) is 55.7 Å². The van der Waals surface area contributed by atoms with Crippen LogP contribution in [0.4, 0.5) is 0 Å². The van der Waals surface area contributed by atoms with Gasteiger partial charge in [-0.1, -0.05) is 67.6 Å². The van der Waals surface area contributed by atoms with Crippen LogP contribution in [0.15, 0.2) is 66.8 Å². The third kappa shape index (κ3) is 12.2. The fraction of sp³-hybridized carbons (Fsp3) is 0.435. The quantitative estimate of drug-likeness (QED) is 0.194. The predicted octanol–water partition coefficient (Wildman–Crippen LogP) is 7.31. The lowest BCUT2D eigenvalue weighted by Gasteiger charge is -2.16. The molecule has 1 unspecified atom stereocenters. The molecule has 3 heteroatoms. The van der Waals surface area contributed by atoms with Crippen LogP contribution in [0.3, 0.4) is 0 Å². The van der Waals surface area contributed by atoms with Gasteiger partial charge < -0.3 is 5.41 Å². The molecule has 0 bridgehead atoms. The summed E-state index contributed by atoms with van der Waals surface area (Å²) in [4.78, 5) is 0. The zero-order valence-electron chi connectivity index (χ0n) is 16.0. The number of rotatable bonds is 15. The van der Waals surface area contributed by atoms with Crippen molar-refractivity contribution in [1.29, 1.82) is 5.41 Å². The van der Waals surface area contributed by atoms with Gasteiger partial charge in [0.15, 0.2) is 0 Å². The monoisotopic (exact) mass is 387 g/mol. The Morgan fingerprint density at radius 3 is 2.69 bits per heavy atom. The standard InChI is InChI=1S/C23H33NS2/c1-3-4-7-12-21(2)19-26-23(15-10-6-11-17-24)16-18-25-20-22-13-8-5-9-14-22/h3-5,7-9,12-14,17,23-24H,2,6,10-11,15-16,18-20H2,1H3/b4-3-,12-7-,24-17?. The van der Waals surface area contributed by atoms with E-state index in [1.165, 1.54) is 42.4 Å². The normalized spacial score (nSPS) is 12.7. The minimum absolute atomic E-state index is 0.691. The second kappa shape index (κ2) is 16.0. The average Bonchev–Trinajstić information content (AvgIpc) is 2.67. The van der Waals surface area contributed by atoms with Crippen LogP contribution in [0.2, 0.25) is 0 Å². The van der Waals surface area contributed by atoms with Crippen molar-refractivity contribution >= 4 is 29.7 Å². The fourth-order valence-electron chi connectivity index (χ4n) is 2.48. The lowest BCUT2D eigenvalue weighted by molar-refractivity contribution is 0.660. The molecular weight excluding hydrogens is 354 g/mol. The predicted molar refractivity (Wildman–Crippen MR) is 124 cm³/mol. The molecule has 1 atom stereocenters. The Balaban J connectivity index is 2.34. The highest BCUT2D eigenvalue weighted by Gasteiger charge is 2.09. The largest absolute Gasteiger partial charge is 0.313 e. The lowest BCUT2D eigenvalue weighted by atomic mass is 10.1. The van der Waals surface area contributed by atoms with Crippen LogP contribution in [-0.4, -0.2) is 23.0 Å². The topological polar surface area (TPSA) is 23.9 Å². The van der Waals surface area contributed by atoms with E-state index in [2.05, 4.69) is 49.1 Å². The van der Waals surface area contributed by atoms with E-state index in [4.69, 9.17) is 5.41 Å². The third-order valence-electron chi connectivity index (χ3n) is 3.96. The number of benzene rings is 1. The number of thioether (sulfide) groups is 2. The van der Waals surface area contributed by atoms with Gasteiger partial charge in [0.2, 0.25) is 0 Å². The first-order valence-electron chi connectivity index (χ1n) is 9.45. The average molecular weight is 388 g/mol. The fourth-order valence-corrected chi connectivity index (χ4v) is 4.82. The molecule has 0 saturated heterocycles. The van der Waals surface area contributed by atoms with Gasteiger partial charge in [-0.3, -0.25) is 0 Å². The zero-order chi connectivity index (χ0) is 18.9. The summed E-state index contributed by atoms with van der Waals surface area (Å²) < 4.78 is 0. The maximum Gasteiger partial charge on any atom is 0.0184 e. The summed E-state index contributed by atoms with van der Waals surface area (Å²) in [5.74, 6) is 3.31. The maximum absolute atomic E-state index is 7.17. The smallest absolute Gasteiger partial charge is 0.0184 e. The molecule has 1 N–H and O–H groups in total. The van der Waals surface area contributed by atoms with E-state index >= 15 is 0 Å². The molecule has 0 aliphatic rings. The summed E-state index contributed by atoms with van der Waals surface area (Å²) in [5.41, 5.74) is 2.60. The molecule has 0 fully saturated rings. The van der Waals surface area contributed by atoms with Crippen LogP contribution in [0, 0.1) is 5.41 Å².